The molecule has 2 N–H and O–H groups in total. The molecule has 1 aromatic carbocycles. The number of anilines is 2. The minimum atomic E-state index is -0.164. The van der Waals surface area contributed by atoms with E-state index in [1.165, 1.54) is 0 Å². The maximum atomic E-state index is 6.70. The zero-order valence-corrected chi connectivity index (χ0v) is 17.3. The van der Waals surface area contributed by atoms with E-state index in [2.05, 4.69) is 14.9 Å². The van der Waals surface area contributed by atoms with Crippen molar-refractivity contribution in [2.24, 2.45) is 0 Å². The molecule has 28 heavy (non-hydrogen) atoms. The second-order valence-electron chi connectivity index (χ2n) is 6.82. The van der Waals surface area contributed by atoms with Crippen molar-refractivity contribution in [3.05, 3.63) is 46.1 Å². The van der Waals surface area contributed by atoms with Crippen LogP contribution in [0, 0.1) is 6.92 Å². The first-order valence-corrected chi connectivity index (χ1v) is 9.68. The molecule has 8 heteroatoms. The first kappa shape index (κ1) is 20.8. The summed E-state index contributed by atoms with van der Waals surface area (Å²) in [6.45, 7) is 4.39. The van der Waals surface area contributed by atoms with Crippen molar-refractivity contribution in [3.63, 3.8) is 0 Å². The van der Waals surface area contributed by atoms with Gasteiger partial charge in [-0.3, -0.25) is 0 Å². The zero-order chi connectivity index (χ0) is 20.1. The average Bonchev–Trinajstić information content (AvgIpc) is 2.91. The molecular formula is C20H27ClN4O3. The maximum absolute atomic E-state index is 6.70. The third-order valence-corrected chi connectivity index (χ3v) is 5.18. The predicted octanol–water partition coefficient (Wildman–Crippen LogP) is 3.32. The van der Waals surface area contributed by atoms with Crippen LogP contribution in [0.2, 0.25) is 5.02 Å². The molecule has 2 aromatic rings. The lowest BCUT2D eigenvalue weighted by atomic mass is 10.0. The Morgan fingerprint density at radius 1 is 1.32 bits per heavy atom. The van der Waals surface area contributed by atoms with Crippen LogP contribution in [0.25, 0.3) is 0 Å². The molecule has 1 aliphatic rings. The van der Waals surface area contributed by atoms with E-state index in [-0.39, 0.29) is 18.1 Å². The number of hydrogen-bond donors (Lipinski definition) is 1. The van der Waals surface area contributed by atoms with E-state index in [0.717, 1.165) is 35.6 Å². The third-order valence-electron chi connectivity index (χ3n) is 4.85. The Morgan fingerprint density at radius 3 is 2.82 bits per heavy atom. The van der Waals surface area contributed by atoms with Crippen LogP contribution in [0.5, 0.6) is 0 Å². The molecule has 152 valence electrons. The van der Waals surface area contributed by atoms with E-state index in [1.54, 1.807) is 14.2 Å². The average molecular weight is 407 g/mol. The van der Waals surface area contributed by atoms with Gasteiger partial charge in [0.05, 0.1) is 19.3 Å². The van der Waals surface area contributed by atoms with E-state index in [1.807, 2.05) is 31.2 Å². The number of aromatic nitrogens is 2. The molecule has 1 aromatic heterocycles. The molecule has 1 saturated heterocycles. The van der Waals surface area contributed by atoms with Crippen LogP contribution in [0.3, 0.4) is 0 Å². The van der Waals surface area contributed by atoms with Crippen molar-refractivity contribution in [3.8, 4) is 0 Å². The van der Waals surface area contributed by atoms with Gasteiger partial charge in [-0.2, -0.15) is 4.98 Å². The van der Waals surface area contributed by atoms with Crippen LogP contribution < -0.4 is 10.6 Å². The minimum Gasteiger partial charge on any atom is -0.382 e. The quantitative estimate of drug-likeness (QED) is 0.787. The molecular weight excluding hydrogens is 380 g/mol. The molecule has 0 aliphatic carbocycles. The number of ether oxygens (including phenoxy) is 3. The number of nitrogens with two attached hydrogens (primary N) is 1. The molecule has 1 aliphatic heterocycles. The Balaban J connectivity index is 1.96. The topological polar surface area (TPSA) is 82.7 Å². The molecule has 0 bridgehead atoms. The van der Waals surface area contributed by atoms with Crippen molar-refractivity contribution in [2.45, 2.75) is 25.5 Å². The first-order chi connectivity index (χ1) is 13.5. The largest absolute Gasteiger partial charge is 0.382 e. The molecule has 0 amide bonds. The summed E-state index contributed by atoms with van der Waals surface area (Å²) in [7, 11) is 3.31. The summed E-state index contributed by atoms with van der Waals surface area (Å²) in [5, 5.41) is 0.662. The number of nitrogen functional groups attached to an aromatic ring is 1. The van der Waals surface area contributed by atoms with Crippen molar-refractivity contribution in [1.82, 2.24) is 9.97 Å². The molecule has 2 atom stereocenters. The Morgan fingerprint density at radius 2 is 2.14 bits per heavy atom. The number of rotatable bonds is 6. The SMILES string of the molecule is COCC(OC)c1ccc(C2COCCCN2c2cc(C)nc(N)n2)c(Cl)c1. The second kappa shape index (κ2) is 9.52. The summed E-state index contributed by atoms with van der Waals surface area (Å²) in [6.07, 6.45) is 0.733. The number of halogens is 1. The van der Waals surface area contributed by atoms with Gasteiger partial charge in [-0.1, -0.05) is 23.7 Å². The van der Waals surface area contributed by atoms with Crippen LogP contribution in [0.4, 0.5) is 11.8 Å². The Bertz CT molecular complexity index is 785. The molecule has 7 nitrogen and oxygen atoms in total. The zero-order valence-electron chi connectivity index (χ0n) is 16.5. The van der Waals surface area contributed by atoms with Crippen LogP contribution >= 0.6 is 11.6 Å². The fourth-order valence-electron chi connectivity index (χ4n) is 3.50. The van der Waals surface area contributed by atoms with E-state index < -0.39 is 0 Å². The van der Waals surface area contributed by atoms with Crippen LogP contribution in [-0.4, -0.2) is 50.6 Å². The van der Waals surface area contributed by atoms with Gasteiger partial charge in [0.15, 0.2) is 0 Å². The highest BCUT2D eigenvalue weighted by molar-refractivity contribution is 6.31. The van der Waals surface area contributed by atoms with E-state index in [9.17, 15) is 0 Å². The van der Waals surface area contributed by atoms with E-state index in [0.29, 0.717) is 24.8 Å². The van der Waals surface area contributed by atoms with E-state index >= 15 is 0 Å². The predicted molar refractivity (Wildman–Crippen MR) is 110 cm³/mol. The van der Waals surface area contributed by atoms with Crippen molar-refractivity contribution in [2.75, 3.05) is 51.2 Å². The normalized spacial score (nSPS) is 18.7. The standard InChI is InChI=1S/C20H27ClN4O3/c1-13-9-19(24-20(22)23-13)25-7-4-8-28-11-17(25)15-6-5-14(10-16(15)21)18(27-3)12-26-2/h5-6,9-10,17-18H,4,7-8,11-12H2,1-3H3,(H2,22,23,24). The van der Waals surface area contributed by atoms with Gasteiger partial charge in [0.2, 0.25) is 5.95 Å². The van der Waals surface area contributed by atoms with Gasteiger partial charge in [-0.25, -0.2) is 4.98 Å². The van der Waals surface area contributed by atoms with Gasteiger partial charge in [0, 0.05) is 44.2 Å². The molecule has 0 spiro atoms. The van der Waals surface area contributed by atoms with Gasteiger partial charge in [0.25, 0.3) is 0 Å². The summed E-state index contributed by atoms with van der Waals surface area (Å²) >= 11 is 6.70. The number of hydrogen-bond acceptors (Lipinski definition) is 7. The summed E-state index contributed by atoms with van der Waals surface area (Å²) in [4.78, 5) is 10.8. The highest BCUT2D eigenvalue weighted by Gasteiger charge is 2.27. The van der Waals surface area contributed by atoms with Gasteiger partial charge in [-0.15, -0.1) is 0 Å². The third kappa shape index (κ3) is 4.72. The number of aryl methyl sites for hydroxylation is 1. The van der Waals surface area contributed by atoms with Crippen LogP contribution in [0.15, 0.2) is 24.3 Å². The molecule has 2 unspecified atom stereocenters. The number of nitrogens with zero attached hydrogens (tertiary/aromatic N) is 3. The highest BCUT2D eigenvalue weighted by Crippen LogP contribution is 2.34. The van der Waals surface area contributed by atoms with Crippen LogP contribution in [0.1, 0.15) is 35.4 Å². The lowest BCUT2D eigenvalue weighted by Gasteiger charge is -2.31. The lowest BCUT2D eigenvalue weighted by Crippen LogP contribution is -2.32. The highest BCUT2D eigenvalue weighted by atomic mass is 35.5. The Kier molecular flexibility index (Phi) is 7.07. The second-order valence-corrected chi connectivity index (χ2v) is 7.23. The molecule has 3 rings (SSSR count). The van der Waals surface area contributed by atoms with Gasteiger partial charge in [-0.05, 0) is 30.5 Å². The van der Waals surface area contributed by atoms with Gasteiger partial charge >= 0.3 is 0 Å². The summed E-state index contributed by atoms with van der Waals surface area (Å²) in [5.41, 5.74) is 8.67. The minimum absolute atomic E-state index is 0.0684. The summed E-state index contributed by atoms with van der Waals surface area (Å²) in [6, 6.07) is 7.87. The van der Waals surface area contributed by atoms with Crippen molar-refractivity contribution >= 4 is 23.4 Å². The van der Waals surface area contributed by atoms with Gasteiger partial charge < -0.3 is 24.8 Å². The molecule has 2 heterocycles. The summed E-state index contributed by atoms with van der Waals surface area (Å²) < 4.78 is 16.6. The van der Waals surface area contributed by atoms with Crippen molar-refractivity contribution in [1.29, 1.82) is 0 Å². The molecule has 0 radical (unpaired) electrons. The maximum Gasteiger partial charge on any atom is 0.222 e. The number of benzene rings is 1. The van der Waals surface area contributed by atoms with Crippen molar-refractivity contribution < 1.29 is 14.2 Å². The first-order valence-electron chi connectivity index (χ1n) is 9.30. The fraction of sp³-hybridized carbons (Fsp3) is 0.500. The summed E-state index contributed by atoms with van der Waals surface area (Å²) in [5.74, 6) is 1.05. The Hall–Kier alpha value is -1.93. The lowest BCUT2D eigenvalue weighted by molar-refractivity contribution is 0.0275. The smallest absolute Gasteiger partial charge is 0.222 e. The van der Waals surface area contributed by atoms with E-state index in [4.69, 9.17) is 31.5 Å². The molecule has 0 saturated carbocycles. The molecule has 1 fully saturated rings. The van der Waals surface area contributed by atoms with Gasteiger partial charge in [0.1, 0.15) is 11.9 Å². The van der Waals surface area contributed by atoms with Crippen LogP contribution in [-0.2, 0) is 14.2 Å². The Labute approximate surface area is 170 Å². The fourth-order valence-corrected chi connectivity index (χ4v) is 3.81. The number of methoxy groups -OCH3 is 2. The monoisotopic (exact) mass is 406 g/mol.